The highest BCUT2D eigenvalue weighted by molar-refractivity contribution is 5.92. The third kappa shape index (κ3) is 4.99. The molecule has 0 spiro atoms. The van der Waals surface area contributed by atoms with Crippen molar-refractivity contribution in [3.8, 4) is 11.1 Å². The van der Waals surface area contributed by atoms with E-state index in [1.54, 1.807) is 0 Å². The average molecular weight is 380 g/mol. The average Bonchev–Trinajstić information content (AvgIpc) is 3.20. The van der Waals surface area contributed by atoms with Gasteiger partial charge in [0.2, 0.25) is 0 Å². The van der Waals surface area contributed by atoms with Crippen molar-refractivity contribution in [1.29, 1.82) is 0 Å². The zero-order chi connectivity index (χ0) is 19.9. The van der Waals surface area contributed by atoms with Crippen molar-refractivity contribution in [2.45, 2.75) is 71.8 Å². The third-order valence-electron chi connectivity index (χ3n) is 5.71. The molecule has 0 radical (unpaired) electrons. The van der Waals surface area contributed by atoms with Crippen LogP contribution < -0.4 is 0 Å². The van der Waals surface area contributed by atoms with E-state index in [0.29, 0.717) is 6.42 Å². The van der Waals surface area contributed by atoms with Crippen LogP contribution >= 0.6 is 0 Å². The smallest absolute Gasteiger partial charge is 0.120 e. The summed E-state index contributed by atoms with van der Waals surface area (Å²) in [5, 5.41) is 21.5. The van der Waals surface area contributed by atoms with Crippen molar-refractivity contribution < 1.29 is 5.11 Å². The maximum Gasteiger partial charge on any atom is 0.120 e. The molecule has 2 unspecified atom stereocenters. The van der Waals surface area contributed by atoms with E-state index in [2.05, 4.69) is 53.5 Å². The number of aliphatic hydroxyl groups excluding tert-OH is 1. The Labute approximate surface area is 168 Å². The van der Waals surface area contributed by atoms with Gasteiger partial charge in [0.15, 0.2) is 0 Å². The number of fused-ring (bicyclic) bond motifs is 1. The SMILES string of the molecule is CCCCC(C)CCc1ccc(CC(O)CC)cc1-c1cccc2n[nH]nc12. The van der Waals surface area contributed by atoms with E-state index >= 15 is 0 Å². The minimum atomic E-state index is -0.296. The maximum absolute atomic E-state index is 10.1. The monoisotopic (exact) mass is 379 g/mol. The van der Waals surface area contributed by atoms with Gasteiger partial charge in [-0.05, 0) is 54.4 Å². The molecule has 1 aromatic heterocycles. The standard InChI is InChI=1S/C24H33N3O/c1-4-6-8-17(3)11-13-19-14-12-18(15-20(28)5-2)16-22(19)21-9-7-10-23-24(21)26-27-25-23/h7,9-10,12,14,16-17,20,28H,4-6,8,11,13,15H2,1-3H3,(H,25,26,27). The molecular weight excluding hydrogens is 346 g/mol. The van der Waals surface area contributed by atoms with Crippen molar-refractivity contribution in [1.82, 2.24) is 15.4 Å². The Bertz CT molecular complexity index is 886. The van der Waals surface area contributed by atoms with Gasteiger partial charge < -0.3 is 5.11 Å². The summed E-state index contributed by atoms with van der Waals surface area (Å²) >= 11 is 0. The van der Waals surface area contributed by atoms with Gasteiger partial charge in [-0.1, -0.05) is 70.4 Å². The second-order valence-corrected chi connectivity index (χ2v) is 8.04. The molecule has 0 fully saturated rings. The van der Waals surface area contributed by atoms with Gasteiger partial charge in [0.1, 0.15) is 11.0 Å². The maximum atomic E-state index is 10.1. The Kier molecular flexibility index (Phi) is 7.21. The number of rotatable bonds is 10. The Morgan fingerprint density at radius 1 is 1.04 bits per heavy atom. The predicted octanol–water partition coefficient (Wildman–Crippen LogP) is 5.70. The zero-order valence-corrected chi connectivity index (χ0v) is 17.4. The Hall–Kier alpha value is -2.20. The highest BCUT2D eigenvalue weighted by Gasteiger charge is 2.14. The van der Waals surface area contributed by atoms with Gasteiger partial charge in [-0.25, -0.2) is 0 Å². The van der Waals surface area contributed by atoms with Gasteiger partial charge in [0.05, 0.1) is 6.10 Å². The predicted molar refractivity (Wildman–Crippen MR) is 116 cm³/mol. The van der Waals surface area contributed by atoms with Gasteiger partial charge in [0.25, 0.3) is 0 Å². The molecule has 150 valence electrons. The quantitative estimate of drug-likeness (QED) is 0.475. The first-order valence-electron chi connectivity index (χ1n) is 10.7. The highest BCUT2D eigenvalue weighted by Crippen LogP contribution is 2.32. The van der Waals surface area contributed by atoms with Crippen LogP contribution in [-0.4, -0.2) is 26.6 Å². The molecule has 0 aliphatic carbocycles. The summed E-state index contributed by atoms with van der Waals surface area (Å²) in [4.78, 5) is 0. The summed E-state index contributed by atoms with van der Waals surface area (Å²) in [6.45, 7) is 6.64. The molecule has 0 aliphatic rings. The highest BCUT2D eigenvalue weighted by atomic mass is 16.3. The fourth-order valence-electron chi connectivity index (χ4n) is 3.82. The van der Waals surface area contributed by atoms with Gasteiger partial charge in [-0.2, -0.15) is 15.4 Å². The normalized spacial score (nSPS) is 13.7. The molecule has 2 atom stereocenters. The lowest BCUT2D eigenvalue weighted by Crippen LogP contribution is -2.09. The number of aromatic nitrogens is 3. The van der Waals surface area contributed by atoms with Crippen LogP contribution in [0.3, 0.4) is 0 Å². The number of para-hydroxylation sites is 1. The molecule has 28 heavy (non-hydrogen) atoms. The fraction of sp³-hybridized carbons (Fsp3) is 0.500. The van der Waals surface area contributed by atoms with Gasteiger partial charge in [0, 0.05) is 5.56 Å². The molecule has 3 aromatic rings. The largest absolute Gasteiger partial charge is 0.393 e. The number of nitrogens with one attached hydrogen (secondary N) is 1. The van der Waals surface area contributed by atoms with E-state index in [1.807, 2.05) is 19.1 Å². The number of H-pyrrole nitrogens is 1. The van der Waals surface area contributed by atoms with E-state index in [-0.39, 0.29) is 6.10 Å². The third-order valence-corrected chi connectivity index (χ3v) is 5.71. The van der Waals surface area contributed by atoms with Crippen LogP contribution in [0, 0.1) is 5.92 Å². The summed E-state index contributed by atoms with van der Waals surface area (Å²) in [6.07, 6.45) is 7.28. The molecule has 0 amide bonds. The number of hydrogen-bond acceptors (Lipinski definition) is 3. The second-order valence-electron chi connectivity index (χ2n) is 8.04. The molecular formula is C24H33N3O. The molecule has 2 N–H and O–H groups in total. The van der Waals surface area contributed by atoms with Crippen LogP contribution in [-0.2, 0) is 12.8 Å². The Morgan fingerprint density at radius 3 is 2.68 bits per heavy atom. The topological polar surface area (TPSA) is 61.8 Å². The Balaban J connectivity index is 1.93. The van der Waals surface area contributed by atoms with Crippen molar-refractivity contribution in [3.05, 3.63) is 47.5 Å². The molecule has 1 heterocycles. The van der Waals surface area contributed by atoms with Crippen LogP contribution in [0.5, 0.6) is 0 Å². The van der Waals surface area contributed by atoms with Crippen molar-refractivity contribution in [3.63, 3.8) is 0 Å². The molecule has 0 bridgehead atoms. The summed E-state index contributed by atoms with van der Waals surface area (Å²) in [5.41, 5.74) is 6.68. The van der Waals surface area contributed by atoms with Crippen LogP contribution in [0.4, 0.5) is 0 Å². The van der Waals surface area contributed by atoms with Gasteiger partial charge in [-0.3, -0.25) is 0 Å². The first-order valence-corrected chi connectivity index (χ1v) is 10.7. The molecule has 2 aromatic carbocycles. The lowest BCUT2D eigenvalue weighted by atomic mass is 9.89. The summed E-state index contributed by atoms with van der Waals surface area (Å²) in [6, 6.07) is 12.8. The number of aliphatic hydroxyl groups is 1. The van der Waals surface area contributed by atoms with E-state index in [9.17, 15) is 5.11 Å². The van der Waals surface area contributed by atoms with E-state index < -0.39 is 0 Å². The van der Waals surface area contributed by atoms with Crippen molar-refractivity contribution in [2.24, 2.45) is 5.92 Å². The minimum Gasteiger partial charge on any atom is -0.393 e. The summed E-state index contributed by atoms with van der Waals surface area (Å²) in [7, 11) is 0. The number of hydrogen-bond donors (Lipinski definition) is 2. The minimum absolute atomic E-state index is 0.296. The molecule has 4 heteroatoms. The fourth-order valence-corrected chi connectivity index (χ4v) is 3.82. The second kappa shape index (κ2) is 9.83. The number of aryl methyl sites for hydroxylation is 1. The van der Waals surface area contributed by atoms with Crippen molar-refractivity contribution >= 4 is 11.0 Å². The van der Waals surface area contributed by atoms with Crippen molar-refractivity contribution in [2.75, 3.05) is 0 Å². The molecule has 0 aliphatic heterocycles. The molecule has 3 rings (SSSR count). The molecule has 0 saturated heterocycles. The number of aromatic amines is 1. The van der Waals surface area contributed by atoms with Crippen LogP contribution in [0.2, 0.25) is 0 Å². The number of nitrogens with zero attached hydrogens (tertiary/aromatic N) is 2. The van der Waals surface area contributed by atoms with E-state index in [4.69, 9.17) is 0 Å². The van der Waals surface area contributed by atoms with E-state index in [0.717, 1.165) is 35.4 Å². The van der Waals surface area contributed by atoms with Crippen LogP contribution in [0.1, 0.15) is 64.0 Å². The van der Waals surface area contributed by atoms with Crippen LogP contribution in [0.25, 0.3) is 22.2 Å². The Morgan fingerprint density at radius 2 is 1.89 bits per heavy atom. The van der Waals surface area contributed by atoms with Crippen LogP contribution in [0.15, 0.2) is 36.4 Å². The summed E-state index contributed by atoms with van der Waals surface area (Å²) < 4.78 is 0. The zero-order valence-electron chi connectivity index (χ0n) is 17.4. The van der Waals surface area contributed by atoms with Gasteiger partial charge in [-0.15, -0.1) is 0 Å². The van der Waals surface area contributed by atoms with Gasteiger partial charge >= 0.3 is 0 Å². The van der Waals surface area contributed by atoms with E-state index in [1.165, 1.54) is 42.4 Å². The first-order chi connectivity index (χ1) is 13.6. The number of benzene rings is 2. The molecule has 4 nitrogen and oxygen atoms in total. The first kappa shape index (κ1) is 20.5. The summed E-state index contributed by atoms with van der Waals surface area (Å²) in [5.74, 6) is 0.734. The lowest BCUT2D eigenvalue weighted by molar-refractivity contribution is 0.171. The molecule has 0 saturated carbocycles. The lowest BCUT2D eigenvalue weighted by Gasteiger charge is -2.16. The number of unbranched alkanes of at least 4 members (excludes halogenated alkanes) is 1.